The van der Waals surface area contributed by atoms with Crippen LogP contribution >= 0.6 is 0 Å². The molecule has 0 aliphatic heterocycles. The molecule has 58 heavy (non-hydrogen) atoms. The lowest BCUT2D eigenvalue weighted by Crippen LogP contribution is -2.38. The topological polar surface area (TPSA) is 99.5 Å². The molecule has 0 radical (unpaired) electrons. The minimum Gasteiger partial charge on any atom is -0.427 e. The summed E-state index contributed by atoms with van der Waals surface area (Å²) in [5.74, 6) is 0.157. The van der Waals surface area contributed by atoms with E-state index < -0.39 is 0 Å². The second-order valence-electron chi connectivity index (χ2n) is 16.6. The number of carbonyl (C=O) groups is 2. The van der Waals surface area contributed by atoms with Gasteiger partial charge < -0.3 is 19.7 Å². The van der Waals surface area contributed by atoms with Crippen LogP contribution in [-0.4, -0.2) is 69.2 Å². The van der Waals surface area contributed by atoms with Crippen molar-refractivity contribution in [1.82, 2.24) is 9.80 Å². The van der Waals surface area contributed by atoms with Gasteiger partial charge in [-0.3, -0.25) is 19.4 Å². The van der Waals surface area contributed by atoms with Gasteiger partial charge in [0.2, 0.25) is 0 Å². The Morgan fingerprint density at radius 2 is 1.03 bits per heavy atom. The molecule has 0 aliphatic carbocycles. The van der Waals surface area contributed by atoms with E-state index in [9.17, 15) is 19.8 Å². The average molecular weight is 793 g/mol. The number of benzene rings is 4. The highest BCUT2D eigenvalue weighted by molar-refractivity contribution is 5.74. The minimum absolute atomic E-state index is 0.00566. The van der Waals surface area contributed by atoms with Crippen LogP contribution in [0, 0.1) is 0 Å². The Hall–Kier alpha value is -4.34. The molecule has 2 unspecified atom stereocenters. The van der Waals surface area contributed by atoms with Crippen LogP contribution in [0.4, 0.5) is 0 Å². The molecule has 8 heteroatoms. The number of unbranched alkanes of at least 4 members (excludes halogenated alkanes) is 1. The van der Waals surface area contributed by atoms with E-state index in [4.69, 9.17) is 9.47 Å². The SMILES string of the molecule is CC(C)N(CCC(c1ccccc1)c1cc(OC(=O)CCCCC(=O)Oc2ccc(CO)cc2C(CCN(C(C)C)C(C)C)c2ccccc2)ccc1CO)C(C)C. The van der Waals surface area contributed by atoms with E-state index >= 15 is 0 Å². The van der Waals surface area contributed by atoms with Crippen LogP contribution in [0.3, 0.4) is 0 Å². The molecule has 2 N–H and O–H groups in total. The molecule has 0 spiro atoms. The summed E-state index contributed by atoms with van der Waals surface area (Å²) in [5, 5.41) is 20.4. The molecular formula is C50H68N2O6. The zero-order valence-corrected chi connectivity index (χ0v) is 36.2. The highest BCUT2D eigenvalue weighted by Crippen LogP contribution is 2.37. The Morgan fingerprint density at radius 3 is 1.50 bits per heavy atom. The van der Waals surface area contributed by atoms with Gasteiger partial charge in [-0.2, -0.15) is 0 Å². The van der Waals surface area contributed by atoms with Crippen molar-refractivity contribution >= 4 is 11.9 Å². The van der Waals surface area contributed by atoms with E-state index in [2.05, 4.69) is 89.5 Å². The number of esters is 2. The largest absolute Gasteiger partial charge is 0.427 e. The van der Waals surface area contributed by atoms with Crippen LogP contribution < -0.4 is 9.47 Å². The van der Waals surface area contributed by atoms with Crippen molar-refractivity contribution < 1.29 is 29.3 Å². The third kappa shape index (κ3) is 13.6. The van der Waals surface area contributed by atoms with Gasteiger partial charge in [-0.1, -0.05) is 72.8 Å². The highest BCUT2D eigenvalue weighted by Gasteiger charge is 2.25. The predicted molar refractivity (Wildman–Crippen MR) is 234 cm³/mol. The van der Waals surface area contributed by atoms with Crippen molar-refractivity contribution in [3.05, 3.63) is 130 Å². The number of nitrogens with zero attached hydrogens (tertiary/aromatic N) is 2. The van der Waals surface area contributed by atoms with Gasteiger partial charge in [-0.15, -0.1) is 0 Å². The molecule has 8 nitrogen and oxygen atoms in total. The van der Waals surface area contributed by atoms with Gasteiger partial charge in [-0.25, -0.2) is 0 Å². The molecule has 0 aliphatic rings. The zero-order valence-electron chi connectivity index (χ0n) is 36.2. The van der Waals surface area contributed by atoms with Crippen molar-refractivity contribution in [3.63, 3.8) is 0 Å². The van der Waals surface area contributed by atoms with Crippen LogP contribution in [0.25, 0.3) is 0 Å². The molecule has 0 saturated carbocycles. The molecule has 0 bridgehead atoms. The Morgan fingerprint density at radius 1 is 0.552 bits per heavy atom. The third-order valence-corrected chi connectivity index (χ3v) is 11.2. The van der Waals surface area contributed by atoms with Crippen molar-refractivity contribution in [1.29, 1.82) is 0 Å². The second-order valence-corrected chi connectivity index (χ2v) is 16.6. The van der Waals surface area contributed by atoms with Crippen LogP contribution in [0.2, 0.25) is 0 Å². The van der Waals surface area contributed by atoms with Gasteiger partial charge in [0.05, 0.1) is 13.2 Å². The average Bonchev–Trinajstić information content (AvgIpc) is 3.20. The van der Waals surface area contributed by atoms with E-state index in [1.54, 1.807) is 18.2 Å². The summed E-state index contributed by atoms with van der Waals surface area (Å²) in [7, 11) is 0. The summed E-state index contributed by atoms with van der Waals surface area (Å²) in [6.45, 7) is 19.2. The first-order valence-electron chi connectivity index (χ1n) is 21.3. The first-order valence-corrected chi connectivity index (χ1v) is 21.3. The summed E-state index contributed by atoms with van der Waals surface area (Å²) in [4.78, 5) is 31.3. The second kappa shape index (κ2) is 23.3. The number of aliphatic hydroxyl groups excluding tert-OH is 2. The lowest BCUT2D eigenvalue weighted by molar-refractivity contribution is -0.136. The Labute approximate surface area is 348 Å². The number of rotatable bonds is 23. The zero-order chi connectivity index (χ0) is 42.2. The van der Waals surface area contributed by atoms with E-state index in [0.29, 0.717) is 48.5 Å². The standard InChI is InChI=1S/C50H68N2O6/c1-35(2)51(36(3)4)29-27-44(40-17-11-9-12-18-40)46-32-43(25-24-42(46)34-54)57-49(55)21-15-16-22-50(56)58-48-26-23-39(33-53)31-47(48)45(41-19-13-10-14-20-41)28-30-52(37(5)6)38(7)8/h9-14,17-20,23-26,31-32,35-38,44-45,53-54H,15-16,21-22,27-30,33-34H2,1-8H3. The molecule has 0 saturated heterocycles. The van der Waals surface area contributed by atoms with E-state index in [1.807, 2.05) is 54.6 Å². The van der Waals surface area contributed by atoms with Gasteiger partial charge in [0, 0.05) is 54.4 Å². The molecule has 0 aromatic heterocycles. The van der Waals surface area contributed by atoms with Crippen LogP contribution in [0.15, 0.2) is 97.1 Å². The summed E-state index contributed by atoms with van der Waals surface area (Å²) in [6, 6.07) is 33.1. The maximum Gasteiger partial charge on any atom is 0.311 e. The monoisotopic (exact) mass is 793 g/mol. The fraction of sp³-hybridized carbons (Fsp3) is 0.480. The van der Waals surface area contributed by atoms with Gasteiger partial charge in [0.25, 0.3) is 0 Å². The maximum atomic E-state index is 13.3. The Balaban J connectivity index is 1.41. The molecule has 2 atom stereocenters. The molecule has 314 valence electrons. The van der Waals surface area contributed by atoms with Crippen LogP contribution in [-0.2, 0) is 22.8 Å². The number of ether oxygens (including phenoxy) is 2. The summed E-state index contributed by atoms with van der Waals surface area (Å²) in [6.07, 6.45) is 2.88. The van der Waals surface area contributed by atoms with Crippen molar-refractivity contribution in [2.45, 2.75) is 143 Å². The molecule has 4 aromatic rings. The van der Waals surface area contributed by atoms with E-state index in [-0.39, 0.29) is 49.8 Å². The summed E-state index contributed by atoms with van der Waals surface area (Å²) < 4.78 is 11.9. The molecular weight excluding hydrogens is 725 g/mol. The van der Waals surface area contributed by atoms with Crippen LogP contribution in [0.5, 0.6) is 11.5 Å². The first kappa shape index (κ1) is 46.4. The van der Waals surface area contributed by atoms with Gasteiger partial charge in [0.1, 0.15) is 11.5 Å². The Bertz CT molecular complexity index is 1830. The minimum atomic E-state index is -0.373. The van der Waals surface area contributed by atoms with Crippen molar-refractivity contribution in [2.75, 3.05) is 13.1 Å². The fourth-order valence-electron chi connectivity index (χ4n) is 8.22. The van der Waals surface area contributed by atoms with Crippen molar-refractivity contribution in [3.8, 4) is 11.5 Å². The normalized spacial score (nSPS) is 12.9. The summed E-state index contributed by atoms with van der Waals surface area (Å²) >= 11 is 0. The lowest BCUT2D eigenvalue weighted by atomic mass is 9.85. The quantitative estimate of drug-likeness (QED) is 0.0435. The smallest absolute Gasteiger partial charge is 0.311 e. The molecule has 4 rings (SSSR count). The first-order chi connectivity index (χ1) is 27.8. The Kier molecular flexibility index (Phi) is 18.6. The lowest BCUT2D eigenvalue weighted by Gasteiger charge is -2.32. The predicted octanol–water partition coefficient (Wildman–Crippen LogP) is 10.0. The fourth-order valence-corrected chi connectivity index (χ4v) is 8.22. The number of hydrogen-bond acceptors (Lipinski definition) is 8. The number of hydrogen-bond donors (Lipinski definition) is 2. The molecule has 4 aromatic carbocycles. The van der Waals surface area contributed by atoms with E-state index in [1.165, 1.54) is 0 Å². The highest BCUT2D eigenvalue weighted by atomic mass is 16.5. The summed E-state index contributed by atoms with van der Waals surface area (Å²) in [5.41, 5.74) is 5.67. The molecule has 0 fully saturated rings. The van der Waals surface area contributed by atoms with Crippen molar-refractivity contribution in [2.24, 2.45) is 0 Å². The van der Waals surface area contributed by atoms with E-state index in [0.717, 1.165) is 59.3 Å². The number of carbonyl (C=O) groups excluding carboxylic acids is 2. The van der Waals surface area contributed by atoms with Gasteiger partial charge in [0.15, 0.2) is 0 Å². The van der Waals surface area contributed by atoms with Crippen LogP contribution in [0.1, 0.15) is 139 Å². The van der Waals surface area contributed by atoms with Gasteiger partial charge in [-0.05, 0) is 146 Å². The number of aliphatic hydroxyl groups is 2. The maximum absolute atomic E-state index is 13.3. The molecule has 0 amide bonds. The van der Waals surface area contributed by atoms with Gasteiger partial charge >= 0.3 is 11.9 Å². The molecule has 0 heterocycles. The third-order valence-electron chi connectivity index (χ3n) is 11.2.